The lowest BCUT2D eigenvalue weighted by molar-refractivity contribution is -0.0682. The van der Waals surface area contributed by atoms with Gasteiger partial charge in [-0.2, -0.15) is 0 Å². The zero-order chi connectivity index (χ0) is 21.7. The quantitative estimate of drug-likeness (QED) is 0.711. The fourth-order valence-electron chi connectivity index (χ4n) is 3.55. The summed E-state index contributed by atoms with van der Waals surface area (Å²) in [7, 11) is 0. The smallest absolute Gasteiger partial charge is 0.257 e. The Labute approximate surface area is 175 Å². The van der Waals surface area contributed by atoms with Gasteiger partial charge in [0.2, 0.25) is 0 Å². The lowest BCUT2D eigenvalue weighted by Gasteiger charge is -2.36. The average Bonchev–Trinajstić information content (AvgIpc) is 2.76. The largest absolute Gasteiger partial charge is 0.453 e. The van der Waals surface area contributed by atoms with Crippen molar-refractivity contribution in [3.8, 4) is 11.5 Å². The number of benzene rings is 1. The van der Waals surface area contributed by atoms with E-state index in [-0.39, 0.29) is 29.8 Å². The molecule has 2 heterocycles. The number of hydrogen-bond acceptors (Lipinski definition) is 7. The highest BCUT2D eigenvalue weighted by Gasteiger charge is 2.38. The summed E-state index contributed by atoms with van der Waals surface area (Å²) in [4.78, 5) is 23.1. The van der Waals surface area contributed by atoms with Crippen LogP contribution in [-0.4, -0.2) is 59.6 Å². The van der Waals surface area contributed by atoms with Gasteiger partial charge in [0.15, 0.2) is 5.75 Å². The first-order valence-corrected chi connectivity index (χ1v) is 10.1. The molecular weight excluding hydrogens is 389 g/mol. The summed E-state index contributed by atoms with van der Waals surface area (Å²) in [6.45, 7) is 8.00. The van der Waals surface area contributed by atoms with Crippen LogP contribution in [0.5, 0.6) is 11.5 Å². The normalized spacial score (nSPS) is 19.0. The van der Waals surface area contributed by atoms with Crippen molar-refractivity contribution in [2.75, 3.05) is 32.8 Å². The van der Waals surface area contributed by atoms with Gasteiger partial charge in [-0.1, -0.05) is 0 Å². The van der Waals surface area contributed by atoms with E-state index in [1.165, 1.54) is 30.7 Å². The molecule has 1 aliphatic rings. The van der Waals surface area contributed by atoms with Crippen molar-refractivity contribution in [1.82, 2.24) is 20.2 Å². The molecule has 1 atom stereocenters. The van der Waals surface area contributed by atoms with Crippen LogP contribution in [0, 0.1) is 5.82 Å². The summed E-state index contributed by atoms with van der Waals surface area (Å²) in [6, 6.07) is 3.82. The Morgan fingerprint density at radius 3 is 2.87 bits per heavy atom. The van der Waals surface area contributed by atoms with Gasteiger partial charge in [0, 0.05) is 32.2 Å². The molecule has 30 heavy (non-hydrogen) atoms. The van der Waals surface area contributed by atoms with E-state index in [1.807, 2.05) is 20.8 Å². The molecule has 1 aromatic heterocycles. The number of amides is 1. The van der Waals surface area contributed by atoms with Crippen molar-refractivity contribution in [3.63, 3.8) is 0 Å². The molecule has 0 saturated carbocycles. The van der Waals surface area contributed by atoms with Gasteiger partial charge in [0.1, 0.15) is 29.2 Å². The Morgan fingerprint density at radius 1 is 1.43 bits per heavy atom. The molecule has 8 nitrogen and oxygen atoms in total. The van der Waals surface area contributed by atoms with Gasteiger partial charge in [0.25, 0.3) is 5.91 Å². The second-order valence-electron chi connectivity index (χ2n) is 7.39. The molecule has 3 rings (SSSR count). The van der Waals surface area contributed by atoms with E-state index in [2.05, 4.69) is 15.3 Å². The maximum absolute atomic E-state index is 14.0. The van der Waals surface area contributed by atoms with E-state index in [0.29, 0.717) is 37.7 Å². The monoisotopic (exact) mass is 417 g/mol. The highest BCUT2D eigenvalue weighted by Crippen LogP contribution is 2.35. The van der Waals surface area contributed by atoms with Crippen LogP contribution in [0.3, 0.4) is 0 Å². The van der Waals surface area contributed by atoms with Crippen LogP contribution in [0.1, 0.15) is 36.8 Å². The number of halogens is 1. The summed E-state index contributed by atoms with van der Waals surface area (Å²) >= 11 is 0. The van der Waals surface area contributed by atoms with Gasteiger partial charge in [-0.05, 0) is 39.0 Å². The second-order valence-corrected chi connectivity index (χ2v) is 7.39. The first kappa shape index (κ1) is 22.1. The fraction of sp³-hybridized carbons (Fsp3) is 0.476. The summed E-state index contributed by atoms with van der Waals surface area (Å²) in [5, 5.41) is 3.26. The van der Waals surface area contributed by atoms with Crippen LogP contribution >= 0.6 is 0 Å². The number of nitrogens with zero attached hydrogens (tertiary/aromatic N) is 3. The number of hydrogen-bond donors (Lipinski definition) is 2. The zero-order valence-corrected chi connectivity index (χ0v) is 17.5. The minimum Gasteiger partial charge on any atom is -0.453 e. The van der Waals surface area contributed by atoms with Crippen LogP contribution in [0.2, 0.25) is 0 Å². The number of nitrogens with two attached hydrogens (primary N) is 1. The van der Waals surface area contributed by atoms with E-state index < -0.39 is 11.4 Å². The minimum absolute atomic E-state index is 0.0449. The number of rotatable bonds is 7. The summed E-state index contributed by atoms with van der Waals surface area (Å²) in [5.41, 5.74) is 5.76. The number of ether oxygens (including phenoxy) is 2. The molecule has 1 saturated heterocycles. The fourth-order valence-corrected chi connectivity index (χ4v) is 3.55. The van der Waals surface area contributed by atoms with Gasteiger partial charge < -0.3 is 25.4 Å². The molecule has 0 spiro atoms. The van der Waals surface area contributed by atoms with Crippen molar-refractivity contribution < 1.29 is 18.7 Å². The molecule has 0 aliphatic carbocycles. The van der Waals surface area contributed by atoms with Crippen molar-refractivity contribution in [1.29, 1.82) is 0 Å². The molecule has 0 radical (unpaired) electrons. The zero-order valence-electron chi connectivity index (χ0n) is 17.5. The summed E-state index contributed by atoms with van der Waals surface area (Å²) in [6.07, 6.45) is 2.89. The van der Waals surface area contributed by atoms with Crippen LogP contribution in [0.25, 0.3) is 0 Å². The number of nitrogens with one attached hydrogen (secondary N) is 1. The molecule has 1 aliphatic heterocycles. The predicted octanol–water partition coefficient (Wildman–Crippen LogP) is 2.05. The lowest BCUT2D eigenvalue weighted by atomic mass is 9.97. The maximum Gasteiger partial charge on any atom is 0.257 e. The molecule has 162 valence electrons. The van der Waals surface area contributed by atoms with Crippen LogP contribution < -0.4 is 15.8 Å². The minimum atomic E-state index is -0.881. The Hall–Kier alpha value is -2.62. The Bertz CT molecular complexity index is 887. The Balaban J connectivity index is 2.01. The van der Waals surface area contributed by atoms with E-state index in [1.54, 1.807) is 4.90 Å². The molecule has 3 N–H and O–H groups in total. The van der Waals surface area contributed by atoms with Gasteiger partial charge >= 0.3 is 0 Å². The van der Waals surface area contributed by atoms with Gasteiger partial charge in [-0.3, -0.25) is 4.79 Å². The molecule has 1 aromatic carbocycles. The third-order valence-electron chi connectivity index (χ3n) is 5.12. The molecule has 9 heteroatoms. The molecule has 2 aromatic rings. The number of aromatic nitrogens is 2. The lowest BCUT2D eigenvalue weighted by Crippen LogP contribution is -2.52. The topological polar surface area (TPSA) is 103 Å². The average molecular weight is 417 g/mol. The first-order valence-electron chi connectivity index (χ1n) is 10.1. The van der Waals surface area contributed by atoms with E-state index in [0.717, 1.165) is 0 Å². The predicted molar refractivity (Wildman–Crippen MR) is 110 cm³/mol. The van der Waals surface area contributed by atoms with Crippen molar-refractivity contribution in [2.45, 2.75) is 32.4 Å². The molecular formula is C21H28FN5O3. The summed E-state index contributed by atoms with van der Waals surface area (Å²) < 4.78 is 26.0. The van der Waals surface area contributed by atoms with Crippen molar-refractivity contribution in [3.05, 3.63) is 47.8 Å². The molecule has 1 amide bonds. The van der Waals surface area contributed by atoms with Crippen LogP contribution in [-0.2, 0) is 10.3 Å². The van der Waals surface area contributed by atoms with Crippen molar-refractivity contribution in [2.24, 2.45) is 5.73 Å². The first-order chi connectivity index (χ1) is 14.4. The highest BCUT2D eigenvalue weighted by molar-refractivity contribution is 5.97. The van der Waals surface area contributed by atoms with E-state index >= 15 is 0 Å². The standard InChI is InChI=1S/C21H28FN5O3/c1-4-27(14(2)3)20(28)16-9-15(22)5-6-17(16)30-18-10-25-13-26-19(18)21(11-23)12-24-7-8-29-21/h5-6,9-10,13-14,24H,4,7-8,11-12,23H2,1-3H3. The Morgan fingerprint density at radius 2 is 2.23 bits per heavy atom. The van der Waals surface area contributed by atoms with Gasteiger partial charge in [0.05, 0.1) is 18.4 Å². The molecule has 0 bridgehead atoms. The Kier molecular flexibility index (Phi) is 6.96. The summed E-state index contributed by atoms with van der Waals surface area (Å²) in [5.74, 6) is -0.315. The third kappa shape index (κ3) is 4.43. The second kappa shape index (κ2) is 9.46. The van der Waals surface area contributed by atoms with E-state index in [9.17, 15) is 9.18 Å². The third-order valence-corrected chi connectivity index (χ3v) is 5.12. The number of carbonyl (C=O) groups excluding carboxylic acids is 1. The highest BCUT2D eigenvalue weighted by atomic mass is 19.1. The SMILES string of the molecule is CCN(C(=O)c1cc(F)ccc1Oc1cncnc1C1(CN)CNCCO1)C(C)C. The van der Waals surface area contributed by atoms with Gasteiger partial charge in [-0.15, -0.1) is 0 Å². The molecule has 1 unspecified atom stereocenters. The molecule has 1 fully saturated rings. The van der Waals surface area contributed by atoms with Crippen LogP contribution in [0.4, 0.5) is 4.39 Å². The van der Waals surface area contributed by atoms with Crippen molar-refractivity contribution >= 4 is 5.91 Å². The van der Waals surface area contributed by atoms with E-state index in [4.69, 9.17) is 15.2 Å². The van der Waals surface area contributed by atoms with Gasteiger partial charge in [-0.25, -0.2) is 14.4 Å². The van der Waals surface area contributed by atoms with Crippen LogP contribution in [0.15, 0.2) is 30.7 Å². The maximum atomic E-state index is 14.0. The number of morpholine rings is 1. The number of carbonyl (C=O) groups is 1.